The maximum absolute atomic E-state index is 12.6. The highest BCUT2D eigenvalue weighted by molar-refractivity contribution is 5.98. The van der Waals surface area contributed by atoms with Crippen molar-refractivity contribution in [2.45, 2.75) is 19.5 Å². The third kappa shape index (κ3) is 3.14. The summed E-state index contributed by atoms with van der Waals surface area (Å²) in [5.41, 5.74) is 5.00. The standard InChI is InChI=1S/C15H14F2N2O5/c1-6-9(13(20)21)10(11(14(22)23)12(18)19-6)7-4-2-3-5-8(7)24-15(16)17/h2-5,10,15,19H,18H2,1H3,(H,20,21)(H,22,23)/t10-/m1/s1. The van der Waals surface area contributed by atoms with Gasteiger partial charge in [-0.1, -0.05) is 18.2 Å². The molecule has 1 aliphatic heterocycles. The fourth-order valence-electron chi connectivity index (χ4n) is 2.61. The summed E-state index contributed by atoms with van der Waals surface area (Å²) < 4.78 is 29.6. The monoisotopic (exact) mass is 340 g/mol. The fraction of sp³-hybridized carbons (Fsp3) is 0.200. The predicted molar refractivity (Wildman–Crippen MR) is 78.1 cm³/mol. The maximum atomic E-state index is 12.6. The van der Waals surface area contributed by atoms with E-state index in [2.05, 4.69) is 10.1 Å². The van der Waals surface area contributed by atoms with Crippen LogP contribution in [0, 0.1) is 0 Å². The van der Waals surface area contributed by atoms with Crippen molar-refractivity contribution >= 4 is 11.9 Å². The average Bonchev–Trinajstić information content (AvgIpc) is 2.45. The van der Waals surface area contributed by atoms with Crippen LogP contribution < -0.4 is 15.8 Å². The lowest BCUT2D eigenvalue weighted by Crippen LogP contribution is -2.35. The molecule has 9 heteroatoms. The van der Waals surface area contributed by atoms with E-state index in [0.29, 0.717) is 0 Å². The van der Waals surface area contributed by atoms with Crippen molar-refractivity contribution in [3.05, 3.63) is 52.5 Å². The van der Waals surface area contributed by atoms with Crippen LogP contribution in [0.5, 0.6) is 5.75 Å². The van der Waals surface area contributed by atoms with Gasteiger partial charge in [0.05, 0.1) is 17.1 Å². The molecule has 0 saturated carbocycles. The number of hydrogen-bond donors (Lipinski definition) is 4. The van der Waals surface area contributed by atoms with Gasteiger partial charge in [0.15, 0.2) is 0 Å². The third-order valence-electron chi connectivity index (χ3n) is 3.50. The number of ether oxygens (including phenoxy) is 1. The first-order valence-electron chi connectivity index (χ1n) is 6.71. The van der Waals surface area contributed by atoms with Crippen LogP contribution in [-0.4, -0.2) is 28.8 Å². The molecule has 0 amide bonds. The minimum absolute atomic E-state index is 0.0311. The molecule has 128 valence electrons. The van der Waals surface area contributed by atoms with Crippen LogP contribution >= 0.6 is 0 Å². The van der Waals surface area contributed by atoms with Gasteiger partial charge in [-0.3, -0.25) is 0 Å². The number of carbonyl (C=O) groups is 2. The summed E-state index contributed by atoms with van der Waals surface area (Å²) in [4.78, 5) is 23.2. The molecule has 24 heavy (non-hydrogen) atoms. The number of allylic oxidation sites excluding steroid dienone is 1. The number of rotatable bonds is 5. The van der Waals surface area contributed by atoms with Crippen LogP contribution in [0.1, 0.15) is 18.4 Å². The Hall–Kier alpha value is -3.10. The minimum Gasteiger partial charge on any atom is -0.478 e. The molecule has 0 aliphatic carbocycles. The molecular formula is C15H14F2N2O5. The summed E-state index contributed by atoms with van der Waals surface area (Å²) in [6, 6.07) is 5.39. The van der Waals surface area contributed by atoms with E-state index >= 15 is 0 Å². The number of alkyl halides is 2. The summed E-state index contributed by atoms with van der Waals surface area (Å²) in [7, 11) is 0. The Labute approximate surface area is 135 Å². The zero-order chi connectivity index (χ0) is 18.0. The van der Waals surface area contributed by atoms with Crippen molar-refractivity contribution in [2.24, 2.45) is 5.73 Å². The fourth-order valence-corrected chi connectivity index (χ4v) is 2.61. The maximum Gasteiger partial charge on any atom is 0.387 e. The Morgan fingerprint density at radius 3 is 2.33 bits per heavy atom. The van der Waals surface area contributed by atoms with Gasteiger partial charge in [-0.15, -0.1) is 0 Å². The number of carboxylic acid groups (broad SMARTS) is 2. The molecule has 0 radical (unpaired) electrons. The summed E-state index contributed by atoms with van der Waals surface area (Å²) in [5, 5.41) is 21.4. The molecule has 5 N–H and O–H groups in total. The van der Waals surface area contributed by atoms with Crippen molar-refractivity contribution in [1.29, 1.82) is 0 Å². The van der Waals surface area contributed by atoms with Gasteiger partial charge >= 0.3 is 18.6 Å². The molecule has 1 aromatic rings. The Morgan fingerprint density at radius 1 is 1.21 bits per heavy atom. The first-order valence-corrected chi connectivity index (χ1v) is 6.71. The number of hydrogen-bond acceptors (Lipinski definition) is 5. The summed E-state index contributed by atoms with van der Waals surface area (Å²) in [6.45, 7) is -1.75. The van der Waals surface area contributed by atoms with Crippen molar-refractivity contribution in [2.75, 3.05) is 0 Å². The molecule has 2 rings (SSSR count). The zero-order valence-electron chi connectivity index (χ0n) is 12.4. The second-order valence-electron chi connectivity index (χ2n) is 4.95. The van der Waals surface area contributed by atoms with Crippen LogP contribution in [0.3, 0.4) is 0 Å². The van der Waals surface area contributed by atoms with Gasteiger partial charge < -0.3 is 26.0 Å². The summed E-state index contributed by atoms with van der Waals surface area (Å²) in [6.07, 6.45) is 0. The number of nitrogens with one attached hydrogen (secondary N) is 1. The van der Waals surface area contributed by atoms with Crippen LogP contribution in [0.15, 0.2) is 46.9 Å². The first kappa shape index (κ1) is 17.3. The van der Waals surface area contributed by atoms with E-state index in [4.69, 9.17) is 5.73 Å². The van der Waals surface area contributed by atoms with Crippen LogP contribution in [0.4, 0.5) is 8.78 Å². The van der Waals surface area contributed by atoms with Crippen LogP contribution in [0.2, 0.25) is 0 Å². The van der Waals surface area contributed by atoms with Gasteiger partial charge in [-0.25, -0.2) is 9.59 Å². The van der Waals surface area contributed by atoms with Gasteiger partial charge in [0, 0.05) is 11.3 Å². The zero-order valence-corrected chi connectivity index (χ0v) is 12.4. The molecular weight excluding hydrogens is 326 g/mol. The minimum atomic E-state index is -3.15. The predicted octanol–water partition coefficient (Wildman–Crippen LogP) is 1.59. The third-order valence-corrected chi connectivity index (χ3v) is 3.50. The molecule has 0 spiro atoms. The lowest BCUT2D eigenvalue weighted by atomic mass is 9.81. The molecule has 0 aromatic heterocycles. The van der Waals surface area contributed by atoms with Gasteiger partial charge in [-0.2, -0.15) is 8.78 Å². The second kappa shape index (κ2) is 6.57. The van der Waals surface area contributed by atoms with E-state index in [-0.39, 0.29) is 28.4 Å². The van der Waals surface area contributed by atoms with E-state index in [1.54, 1.807) is 0 Å². The second-order valence-corrected chi connectivity index (χ2v) is 4.95. The SMILES string of the molecule is CC1=C(C(=O)O)[C@@H](c2ccccc2OC(F)F)C(C(=O)O)=C(N)N1. The molecule has 0 fully saturated rings. The van der Waals surface area contributed by atoms with Gasteiger partial charge in [0.2, 0.25) is 0 Å². The topological polar surface area (TPSA) is 122 Å². The van der Waals surface area contributed by atoms with Crippen LogP contribution in [0.25, 0.3) is 0 Å². The van der Waals surface area contributed by atoms with E-state index < -0.39 is 30.0 Å². The van der Waals surface area contributed by atoms with Gasteiger partial charge in [-0.05, 0) is 13.0 Å². The molecule has 0 saturated heterocycles. The van der Waals surface area contributed by atoms with E-state index in [0.717, 1.165) is 0 Å². The average molecular weight is 340 g/mol. The van der Waals surface area contributed by atoms with Gasteiger partial charge in [0.25, 0.3) is 0 Å². The molecule has 1 aromatic carbocycles. The number of carboxylic acids is 2. The lowest BCUT2D eigenvalue weighted by molar-refractivity contribution is -0.133. The van der Waals surface area contributed by atoms with Crippen molar-refractivity contribution in [3.8, 4) is 5.75 Å². The Bertz CT molecular complexity index is 722. The highest BCUT2D eigenvalue weighted by Gasteiger charge is 2.38. The molecule has 7 nitrogen and oxygen atoms in total. The molecule has 0 unspecified atom stereocenters. The van der Waals surface area contributed by atoms with Crippen molar-refractivity contribution in [3.63, 3.8) is 0 Å². The number of dihydropyridines is 1. The number of para-hydroxylation sites is 1. The molecule has 1 heterocycles. The number of aliphatic carboxylic acids is 2. The number of halogens is 2. The molecule has 0 bridgehead atoms. The largest absolute Gasteiger partial charge is 0.478 e. The highest BCUT2D eigenvalue weighted by Crippen LogP contribution is 2.41. The lowest BCUT2D eigenvalue weighted by Gasteiger charge is -2.29. The smallest absolute Gasteiger partial charge is 0.387 e. The van der Waals surface area contributed by atoms with Crippen molar-refractivity contribution < 1.29 is 33.3 Å². The number of benzene rings is 1. The Balaban J connectivity index is 2.72. The van der Waals surface area contributed by atoms with E-state index in [1.807, 2.05) is 0 Å². The summed E-state index contributed by atoms with van der Waals surface area (Å²) >= 11 is 0. The van der Waals surface area contributed by atoms with Gasteiger partial charge in [0.1, 0.15) is 11.6 Å². The molecule has 1 aliphatic rings. The van der Waals surface area contributed by atoms with E-state index in [1.165, 1.54) is 31.2 Å². The number of nitrogens with two attached hydrogens (primary N) is 1. The highest BCUT2D eigenvalue weighted by atomic mass is 19.3. The summed E-state index contributed by atoms with van der Waals surface area (Å²) in [5.74, 6) is -4.82. The normalized spacial score (nSPS) is 17.8. The van der Waals surface area contributed by atoms with Crippen molar-refractivity contribution in [1.82, 2.24) is 5.32 Å². The Morgan fingerprint density at radius 2 is 1.79 bits per heavy atom. The van der Waals surface area contributed by atoms with E-state index in [9.17, 15) is 28.6 Å². The first-order chi connectivity index (χ1) is 11.2. The quantitative estimate of drug-likeness (QED) is 0.642. The molecule has 1 atom stereocenters. The van der Waals surface area contributed by atoms with Crippen LogP contribution in [-0.2, 0) is 9.59 Å². The Kier molecular flexibility index (Phi) is 4.72.